The van der Waals surface area contributed by atoms with Gasteiger partial charge < -0.3 is 14.8 Å². The van der Waals surface area contributed by atoms with Gasteiger partial charge in [0.15, 0.2) is 0 Å². The van der Waals surface area contributed by atoms with Gasteiger partial charge in [0.05, 0.1) is 23.1 Å². The molecular formula is C29H26N6O. The van der Waals surface area contributed by atoms with Gasteiger partial charge in [0.25, 0.3) is 5.91 Å². The molecule has 1 unspecified atom stereocenters. The Morgan fingerprint density at radius 2 is 2.03 bits per heavy atom. The van der Waals surface area contributed by atoms with Gasteiger partial charge in [-0.1, -0.05) is 18.1 Å². The molecule has 0 saturated carbocycles. The average Bonchev–Trinajstić information content (AvgIpc) is 3.63. The molecule has 1 fully saturated rings. The van der Waals surface area contributed by atoms with E-state index in [9.17, 15) is 4.79 Å². The molecule has 7 nitrogen and oxygen atoms in total. The van der Waals surface area contributed by atoms with Crippen molar-refractivity contribution in [2.45, 2.75) is 37.8 Å². The molecule has 0 spiro atoms. The van der Waals surface area contributed by atoms with E-state index in [4.69, 9.17) is 9.10 Å². The fourth-order valence-electron chi connectivity index (χ4n) is 5.94. The highest BCUT2D eigenvalue weighted by molar-refractivity contribution is 5.98. The standard InChI is InChI=1S/C29H26N6O/c1-3-5-17-6-4-7-21-26(17)24-13-25(34(2)29(21)36)28-33-22-9-8-18(12-23(22)35(24)28)20-15-31-27(32-16-20)19-10-11-30-14-19/h4,6-9,12,15-16,19,24-25,30H,10-11,13-14H2,1-2H3/t19?,24-,25-/m1/s1/i2D3. The van der Waals surface area contributed by atoms with E-state index in [1.165, 1.54) is 0 Å². The summed E-state index contributed by atoms with van der Waals surface area (Å²) in [6, 6.07) is 10.4. The number of imidazole rings is 1. The Morgan fingerprint density at radius 3 is 2.81 bits per heavy atom. The molecule has 1 amide bonds. The van der Waals surface area contributed by atoms with E-state index in [-0.39, 0.29) is 6.04 Å². The maximum absolute atomic E-state index is 13.7. The third kappa shape index (κ3) is 3.04. The number of benzene rings is 2. The summed E-state index contributed by atoms with van der Waals surface area (Å²) in [4.78, 5) is 28.9. The molecule has 5 heterocycles. The number of rotatable bonds is 2. The summed E-state index contributed by atoms with van der Waals surface area (Å²) in [5, 5.41) is 3.36. The molecule has 3 aliphatic heterocycles. The van der Waals surface area contributed by atoms with Crippen LogP contribution in [0.4, 0.5) is 0 Å². The van der Waals surface area contributed by atoms with Crippen molar-refractivity contribution in [3.63, 3.8) is 0 Å². The molecule has 178 valence electrons. The van der Waals surface area contributed by atoms with Crippen LogP contribution in [0.2, 0.25) is 0 Å². The van der Waals surface area contributed by atoms with Crippen molar-refractivity contribution in [1.82, 2.24) is 29.7 Å². The van der Waals surface area contributed by atoms with Crippen LogP contribution in [-0.4, -0.2) is 50.4 Å². The maximum Gasteiger partial charge on any atom is 0.254 e. The van der Waals surface area contributed by atoms with Gasteiger partial charge in [-0.15, -0.1) is 5.92 Å². The van der Waals surface area contributed by atoms with Crippen molar-refractivity contribution in [2.75, 3.05) is 20.1 Å². The van der Waals surface area contributed by atoms with Gasteiger partial charge in [0, 0.05) is 64.6 Å². The predicted molar refractivity (Wildman–Crippen MR) is 138 cm³/mol. The first-order chi connectivity index (χ1) is 18.8. The molecule has 7 rings (SSSR count). The SMILES string of the molecule is [2H]C([2H])([2H])N1C(=O)c2cccc(C#CC)c2[C@H]2C[C@@H]1c1nc3ccc(-c4cnc(C5CCNC5)nc4)cc3n12. The smallest absolute Gasteiger partial charge is 0.254 e. The number of fused-ring (bicyclic) bond motifs is 9. The molecule has 7 heteroatoms. The lowest BCUT2D eigenvalue weighted by Crippen LogP contribution is -2.30. The van der Waals surface area contributed by atoms with Crippen LogP contribution < -0.4 is 5.32 Å². The van der Waals surface area contributed by atoms with Gasteiger partial charge in [0.1, 0.15) is 11.6 Å². The van der Waals surface area contributed by atoms with Crippen molar-refractivity contribution < 1.29 is 8.91 Å². The van der Waals surface area contributed by atoms with Crippen LogP contribution in [0.15, 0.2) is 48.8 Å². The zero-order valence-corrected chi connectivity index (χ0v) is 19.8. The summed E-state index contributed by atoms with van der Waals surface area (Å²) >= 11 is 0. The molecule has 2 bridgehead atoms. The molecule has 4 aromatic rings. The number of nitrogens with one attached hydrogen (secondary N) is 1. The second-order valence-electron chi connectivity index (χ2n) is 9.65. The maximum atomic E-state index is 13.7. The highest BCUT2D eigenvalue weighted by Crippen LogP contribution is 2.48. The number of hydrogen-bond acceptors (Lipinski definition) is 5. The van der Waals surface area contributed by atoms with Crippen LogP contribution in [0.3, 0.4) is 0 Å². The third-order valence-electron chi connectivity index (χ3n) is 7.66. The summed E-state index contributed by atoms with van der Waals surface area (Å²) in [6.45, 7) is 1.02. The van der Waals surface area contributed by atoms with Gasteiger partial charge in [-0.25, -0.2) is 15.0 Å². The first kappa shape index (κ1) is 18.3. The first-order valence-electron chi connectivity index (χ1n) is 13.8. The Kier molecular flexibility index (Phi) is 4.06. The molecule has 1 N–H and O–H groups in total. The van der Waals surface area contributed by atoms with Crippen LogP contribution in [0, 0.1) is 11.8 Å². The number of nitrogens with zero attached hydrogens (tertiary/aromatic N) is 5. The van der Waals surface area contributed by atoms with Gasteiger partial charge in [-0.05, 0) is 49.7 Å². The number of carbonyl (C=O) groups is 1. The predicted octanol–water partition coefficient (Wildman–Crippen LogP) is 4.06. The molecule has 3 atom stereocenters. The zero-order valence-electron chi connectivity index (χ0n) is 22.8. The van der Waals surface area contributed by atoms with Crippen LogP contribution in [-0.2, 0) is 0 Å². The van der Waals surface area contributed by atoms with E-state index in [0.717, 1.165) is 63.5 Å². The lowest BCUT2D eigenvalue weighted by Gasteiger charge is -2.24. The summed E-state index contributed by atoms with van der Waals surface area (Å²) in [7, 11) is 0. The summed E-state index contributed by atoms with van der Waals surface area (Å²) in [5.41, 5.74) is 5.35. The molecule has 0 aliphatic carbocycles. The molecular weight excluding hydrogens is 448 g/mol. The topological polar surface area (TPSA) is 75.9 Å². The van der Waals surface area contributed by atoms with E-state index in [1.54, 1.807) is 19.1 Å². The minimum absolute atomic E-state index is 0.276. The van der Waals surface area contributed by atoms with Gasteiger partial charge in [-0.3, -0.25) is 4.79 Å². The molecule has 2 aromatic carbocycles. The second kappa shape index (κ2) is 8.00. The van der Waals surface area contributed by atoms with E-state index in [1.807, 2.05) is 30.6 Å². The number of hydrogen-bond donors (Lipinski definition) is 1. The van der Waals surface area contributed by atoms with E-state index >= 15 is 0 Å². The number of aromatic nitrogens is 4. The minimum Gasteiger partial charge on any atom is -0.331 e. The summed E-state index contributed by atoms with van der Waals surface area (Å²) < 4.78 is 26.8. The van der Waals surface area contributed by atoms with Crippen molar-refractivity contribution in [3.8, 4) is 23.0 Å². The van der Waals surface area contributed by atoms with Crippen molar-refractivity contribution in [2.24, 2.45) is 0 Å². The van der Waals surface area contributed by atoms with E-state index in [2.05, 4.69) is 37.8 Å². The molecule has 2 aromatic heterocycles. The lowest BCUT2D eigenvalue weighted by atomic mass is 9.93. The molecule has 36 heavy (non-hydrogen) atoms. The van der Waals surface area contributed by atoms with Gasteiger partial charge in [-0.2, -0.15) is 0 Å². The minimum atomic E-state index is -2.62. The molecule has 0 radical (unpaired) electrons. The highest BCUT2D eigenvalue weighted by Gasteiger charge is 2.44. The van der Waals surface area contributed by atoms with E-state index in [0.29, 0.717) is 23.7 Å². The van der Waals surface area contributed by atoms with Crippen molar-refractivity contribution in [3.05, 3.63) is 77.1 Å². The van der Waals surface area contributed by atoms with Gasteiger partial charge in [0.2, 0.25) is 0 Å². The highest BCUT2D eigenvalue weighted by atomic mass is 16.2. The molecule has 3 aliphatic rings. The van der Waals surface area contributed by atoms with Crippen LogP contribution in [0.25, 0.3) is 22.2 Å². The van der Waals surface area contributed by atoms with Crippen molar-refractivity contribution >= 4 is 16.9 Å². The molecule has 1 saturated heterocycles. The normalized spacial score (nSPS) is 23.8. The number of carbonyl (C=O) groups excluding carboxylic acids is 1. The van der Waals surface area contributed by atoms with Gasteiger partial charge >= 0.3 is 0 Å². The quantitative estimate of drug-likeness (QED) is 0.441. The van der Waals surface area contributed by atoms with Crippen LogP contribution >= 0.6 is 0 Å². The Hall–Kier alpha value is -4.02. The second-order valence-corrected chi connectivity index (χ2v) is 9.65. The lowest BCUT2D eigenvalue weighted by molar-refractivity contribution is 0.0734. The van der Waals surface area contributed by atoms with Crippen LogP contribution in [0.5, 0.6) is 0 Å². The average molecular weight is 478 g/mol. The summed E-state index contributed by atoms with van der Waals surface area (Å²) in [5.74, 6) is 7.37. The zero-order chi connectivity index (χ0) is 26.9. The Morgan fingerprint density at radius 1 is 1.14 bits per heavy atom. The largest absolute Gasteiger partial charge is 0.331 e. The van der Waals surface area contributed by atoms with Crippen LogP contribution in [0.1, 0.15) is 75.0 Å². The Bertz CT molecular complexity index is 1690. The number of amides is 1. The fraction of sp³-hybridized carbons (Fsp3) is 0.310. The Balaban J connectivity index is 1.40. The fourth-order valence-corrected chi connectivity index (χ4v) is 5.94. The summed E-state index contributed by atoms with van der Waals surface area (Å²) in [6.07, 6.45) is 5.20. The first-order valence-corrected chi connectivity index (χ1v) is 12.3. The van der Waals surface area contributed by atoms with Crippen molar-refractivity contribution in [1.29, 1.82) is 0 Å². The van der Waals surface area contributed by atoms with E-state index < -0.39 is 18.9 Å². The Labute approximate surface area is 213 Å². The third-order valence-corrected chi connectivity index (χ3v) is 7.66. The monoisotopic (exact) mass is 477 g/mol.